The SMILES string of the molecule is CC.CC(C)c1ccnccn(C)cc1. The minimum atomic E-state index is 0.536. The van der Waals surface area contributed by atoms with Crippen LogP contribution in [0.2, 0.25) is 0 Å². The summed E-state index contributed by atoms with van der Waals surface area (Å²) in [6, 6.07) is 4.16. The van der Waals surface area contributed by atoms with E-state index in [-0.39, 0.29) is 0 Å². The van der Waals surface area contributed by atoms with E-state index >= 15 is 0 Å². The molecule has 0 bridgehead atoms. The Labute approximate surface area is 93.3 Å². The summed E-state index contributed by atoms with van der Waals surface area (Å²) in [6.45, 7) is 8.35. The van der Waals surface area contributed by atoms with Gasteiger partial charge in [-0.05, 0) is 23.6 Å². The lowest BCUT2D eigenvalue weighted by Gasteiger charge is -2.00. The number of aryl methyl sites for hydroxylation is 1. The highest BCUT2D eigenvalue weighted by molar-refractivity contribution is 5.11. The van der Waals surface area contributed by atoms with Crippen LogP contribution in [0.25, 0.3) is 0 Å². The van der Waals surface area contributed by atoms with E-state index in [0.29, 0.717) is 5.92 Å². The molecular formula is C13H22N2. The zero-order valence-electron chi connectivity index (χ0n) is 10.4. The fraction of sp³-hybridized carbons (Fsp3) is 0.462. The van der Waals surface area contributed by atoms with Gasteiger partial charge in [0.1, 0.15) is 0 Å². The minimum absolute atomic E-state index is 0.536. The lowest BCUT2D eigenvalue weighted by molar-refractivity contribution is 0.858. The van der Waals surface area contributed by atoms with Crippen LogP contribution in [-0.4, -0.2) is 9.55 Å². The molecule has 0 aliphatic heterocycles. The molecular weight excluding hydrogens is 184 g/mol. The van der Waals surface area contributed by atoms with Crippen LogP contribution in [0.15, 0.2) is 36.9 Å². The van der Waals surface area contributed by atoms with Gasteiger partial charge in [-0.3, -0.25) is 4.98 Å². The van der Waals surface area contributed by atoms with Gasteiger partial charge in [-0.1, -0.05) is 27.7 Å². The summed E-state index contributed by atoms with van der Waals surface area (Å²) in [4.78, 5) is 4.11. The molecule has 1 aromatic rings. The first kappa shape index (κ1) is 13.7. The zero-order chi connectivity index (χ0) is 11.7. The first-order chi connectivity index (χ1) is 7.20. The second kappa shape index (κ2) is 8.04. The lowest BCUT2D eigenvalue weighted by atomic mass is 10.1. The molecule has 1 rings (SSSR count). The maximum atomic E-state index is 4.11. The van der Waals surface area contributed by atoms with Crippen molar-refractivity contribution in [2.24, 2.45) is 7.05 Å². The van der Waals surface area contributed by atoms with Gasteiger partial charge in [0, 0.05) is 31.8 Å². The van der Waals surface area contributed by atoms with E-state index in [1.165, 1.54) is 5.56 Å². The maximum absolute atomic E-state index is 4.11. The molecule has 0 saturated heterocycles. The molecule has 0 fully saturated rings. The van der Waals surface area contributed by atoms with Crippen molar-refractivity contribution in [3.8, 4) is 0 Å². The molecule has 0 spiro atoms. The highest BCUT2D eigenvalue weighted by Crippen LogP contribution is 2.10. The van der Waals surface area contributed by atoms with Crippen molar-refractivity contribution in [1.29, 1.82) is 0 Å². The van der Waals surface area contributed by atoms with Crippen molar-refractivity contribution in [2.75, 3.05) is 0 Å². The third-order valence-electron chi connectivity index (χ3n) is 1.91. The summed E-state index contributed by atoms with van der Waals surface area (Å²) in [5, 5.41) is 0. The molecule has 0 unspecified atom stereocenters. The van der Waals surface area contributed by atoms with Crippen LogP contribution >= 0.6 is 0 Å². The largest absolute Gasteiger partial charge is 0.356 e. The Balaban J connectivity index is 0.000000921. The van der Waals surface area contributed by atoms with Crippen molar-refractivity contribution in [2.45, 2.75) is 33.6 Å². The molecule has 1 heterocycles. The van der Waals surface area contributed by atoms with Gasteiger partial charge in [0.25, 0.3) is 0 Å². The monoisotopic (exact) mass is 206 g/mol. The molecule has 1 aromatic heterocycles. The van der Waals surface area contributed by atoms with Gasteiger partial charge in [-0.15, -0.1) is 0 Å². The molecule has 0 amide bonds. The second-order valence-corrected chi connectivity index (χ2v) is 3.40. The first-order valence-electron chi connectivity index (χ1n) is 5.50. The summed E-state index contributed by atoms with van der Waals surface area (Å²) in [5.74, 6) is 0.536. The molecule has 0 N–H and O–H groups in total. The topological polar surface area (TPSA) is 17.8 Å². The van der Waals surface area contributed by atoms with Crippen molar-refractivity contribution >= 4 is 0 Å². The summed E-state index contributed by atoms with van der Waals surface area (Å²) >= 11 is 0. The highest BCUT2D eigenvalue weighted by atomic mass is 14.9. The fourth-order valence-corrected chi connectivity index (χ4v) is 1.02. The van der Waals surface area contributed by atoms with E-state index in [1.807, 2.05) is 50.1 Å². The lowest BCUT2D eigenvalue weighted by Crippen LogP contribution is -1.85. The molecule has 0 aliphatic rings. The summed E-state index contributed by atoms with van der Waals surface area (Å²) in [6.07, 6.45) is 7.57. The third-order valence-corrected chi connectivity index (χ3v) is 1.91. The Morgan fingerprint density at radius 3 is 2.33 bits per heavy atom. The number of hydrogen-bond acceptors (Lipinski definition) is 1. The summed E-state index contributed by atoms with van der Waals surface area (Å²) < 4.78 is 1.98. The van der Waals surface area contributed by atoms with E-state index in [0.717, 1.165) is 0 Å². The molecule has 0 aromatic carbocycles. The quantitative estimate of drug-likeness (QED) is 0.685. The minimum Gasteiger partial charge on any atom is -0.356 e. The van der Waals surface area contributed by atoms with Crippen LogP contribution in [0.3, 0.4) is 0 Å². The van der Waals surface area contributed by atoms with E-state index in [9.17, 15) is 0 Å². The Morgan fingerprint density at radius 2 is 1.73 bits per heavy atom. The standard InChI is InChI=1S/C11H16N2.C2H6/c1-10(2)11-4-6-12-7-9-13(3)8-5-11;1-2/h4-10H,1-3H3;1-2H3. The summed E-state index contributed by atoms with van der Waals surface area (Å²) in [7, 11) is 1.99. The van der Waals surface area contributed by atoms with E-state index in [2.05, 4.69) is 24.9 Å². The fourth-order valence-electron chi connectivity index (χ4n) is 1.02. The van der Waals surface area contributed by atoms with Gasteiger partial charge in [0.05, 0.1) is 0 Å². The number of hydrogen-bond donors (Lipinski definition) is 0. The average molecular weight is 206 g/mol. The molecule has 0 radical (unpaired) electrons. The maximum Gasteiger partial charge on any atom is 0.0429 e. The zero-order valence-corrected chi connectivity index (χ0v) is 10.4. The van der Waals surface area contributed by atoms with E-state index in [4.69, 9.17) is 0 Å². The van der Waals surface area contributed by atoms with Crippen LogP contribution in [-0.2, 0) is 7.05 Å². The van der Waals surface area contributed by atoms with Crippen LogP contribution in [0, 0.1) is 0 Å². The molecule has 0 aliphatic carbocycles. The summed E-state index contributed by atoms with van der Waals surface area (Å²) in [5.41, 5.74) is 1.29. The normalized spacial score (nSPS) is 8.93. The Morgan fingerprint density at radius 1 is 1.07 bits per heavy atom. The van der Waals surface area contributed by atoms with Crippen molar-refractivity contribution in [1.82, 2.24) is 9.55 Å². The number of rotatable bonds is 1. The molecule has 2 nitrogen and oxygen atoms in total. The highest BCUT2D eigenvalue weighted by Gasteiger charge is 1.93. The number of aromatic nitrogens is 2. The average Bonchev–Trinajstić information content (AvgIpc) is 2.33. The van der Waals surface area contributed by atoms with Crippen LogP contribution in [0.4, 0.5) is 0 Å². The van der Waals surface area contributed by atoms with Gasteiger partial charge in [0.15, 0.2) is 0 Å². The molecule has 15 heavy (non-hydrogen) atoms. The second-order valence-electron chi connectivity index (χ2n) is 3.40. The predicted molar refractivity (Wildman–Crippen MR) is 66.3 cm³/mol. The van der Waals surface area contributed by atoms with Gasteiger partial charge in [-0.25, -0.2) is 0 Å². The molecule has 2 heteroatoms. The Kier molecular flexibility index (Phi) is 7.33. The Bertz CT molecular complexity index is 312. The van der Waals surface area contributed by atoms with Gasteiger partial charge >= 0.3 is 0 Å². The van der Waals surface area contributed by atoms with Crippen molar-refractivity contribution < 1.29 is 0 Å². The van der Waals surface area contributed by atoms with Gasteiger partial charge in [-0.2, -0.15) is 0 Å². The third kappa shape index (κ3) is 5.89. The van der Waals surface area contributed by atoms with E-state index < -0.39 is 0 Å². The Hall–Kier alpha value is -1.31. The van der Waals surface area contributed by atoms with Crippen molar-refractivity contribution in [3.05, 3.63) is 42.5 Å². The smallest absolute Gasteiger partial charge is 0.0429 e. The first-order valence-corrected chi connectivity index (χ1v) is 5.50. The molecule has 0 atom stereocenters. The van der Waals surface area contributed by atoms with Gasteiger partial charge < -0.3 is 4.57 Å². The van der Waals surface area contributed by atoms with Crippen molar-refractivity contribution in [3.63, 3.8) is 0 Å². The van der Waals surface area contributed by atoms with E-state index in [1.54, 1.807) is 6.20 Å². The van der Waals surface area contributed by atoms with Crippen LogP contribution in [0.1, 0.15) is 39.2 Å². The molecule has 84 valence electrons. The van der Waals surface area contributed by atoms with Crippen LogP contribution < -0.4 is 0 Å². The predicted octanol–water partition coefficient (Wildman–Crippen LogP) is 3.69. The molecule has 0 saturated carbocycles. The van der Waals surface area contributed by atoms with Gasteiger partial charge in [0.2, 0.25) is 0 Å². The van der Waals surface area contributed by atoms with Crippen LogP contribution in [0.5, 0.6) is 0 Å². The number of nitrogens with zero attached hydrogens (tertiary/aromatic N) is 2.